The Labute approximate surface area is 149 Å². The first-order chi connectivity index (χ1) is 12.3. The van der Waals surface area contributed by atoms with Crippen LogP contribution in [-0.2, 0) is 0 Å². The maximum Gasteiger partial charge on any atom is 0.234 e. The van der Waals surface area contributed by atoms with Gasteiger partial charge >= 0.3 is 0 Å². The molecular weight excluding hydrogens is 338 g/mol. The standard InChI is InChI=1S/C17H19N5O4/c1-9-3-11(15(25)5-13(9)23)7-19-21-17(18)22-20-8-12-4-10(2)14(24)6-16(12)26/h3-8,23-26H,1-2H3,(H3,18,21,22)/b19-7+,20-8+. The number of nitrogens with zero attached hydrogens (tertiary/aromatic N) is 3. The van der Waals surface area contributed by atoms with Crippen LogP contribution >= 0.6 is 0 Å². The van der Waals surface area contributed by atoms with Gasteiger partial charge in [0.2, 0.25) is 5.96 Å². The summed E-state index contributed by atoms with van der Waals surface area (Å²) in [7, 11) is 0. The van der Waals surface area contributed by atoms with Gasteiger partial charge in [0.05, 0.1) is 12.4 Å². The van der Waals surface area contributed by atoms with Crippen LogP contribution in [0, 0.1) is 13.8 Å². The molecule has 0 bridgehead atoms. The molecule has 9 heteroatoms. The van der Waals surface area contributed by atoms with Crippen molar-refractivity contribution in [1.82, 2.24) is 5.43 Å². The number of rotatable bonds is 4. The van der Waals surface area contributed by atoms with E-state index in [-0.39, 0.29) is 29.0 Å². The van der Waals surface area contributed by atoms with E-state index in [1.54, 1.807) is 26.0 Å². The van der Waals surface area contributed by atoms with Crippen LogP contribution in [0.2, 0.25) is 0 Å². The minimum Gasteiger partial charge on any atom is -0.508 e. The number of hydrogen-bond donors (Lipinski definition) is 6. The lowest BCUT2D eigenvalue weighted by Gasteiger charge is -2.03. The molecule has 9 nitrogen and oxygen atoms in total. The van der Waals surface area contributed by atoms with Crippen molar-refractivity contribution in [3.63, 3.8) is 0 Å². The molecule has 0 amide bonds. The molecule has 0 unspecified atom stereocenters. The molecule has 0 aliphatic heterocycles. The lowest BCUT2D eigenvalue weighted by atomic mass is 10.1. The Morgan fingerprint density at radius 2 is 1.35 bits per heavy atom. The fourth-order valence-electron chi connectivity index (χ4n) is 1.97. The molecule has 2 rings (SSSR count). The summed E-state index contributed by atoms with van der Waals surface area (Å²) in [6.45, 7) is 3.37. The zero-order valence-electron chi connectivity index (χ0n) is 14.2. The van der Waals surface area contributed by atoms with E-state index in [9.17, 15) is 20.4 Å². The highest BCUT2D eigenvalue weighted by Crippen LogP contribution is 2.26. The van der Waals surface area contributed by atoms with Gasteiger partial charge in [-0.2, -0.15) is 10.2 Å². The predicted octanol–water partition coefficient (Wildman–Crippen LogP) is 1.40. The average molecular weight is 357 g/mol. The molecule has 0 heterocycles. The summed E-state index contributed by atoms with van der Waals surface area (Å²) in [5, 5.41) is 49.6. The number of phenols is 4. The van der Waals surface area contributed by atoms with Gasteiger partial charge in [-0.25, -0.2) is 5.43 Å². The smallest absolute Gasteiger partial charge is 0.234 e. The maximum atomic E-state index is 9.71. The molecule has 2 aromatic rings. The second-order valence-corrected chi connectivity index (χ2v) is 5.49. The number of nitrogens with one attached hydrogen (secondary N) is 1. The summed E-state index contributed by atoms with van der Waals surface area (Å²) in [6, 6.07) is 5.52. The summed E-state index contributed by atoms with van der Waals surface area (Å²) in [5.74, 6) is -0.440. The summed E-state index contributed by atoms with van der Waals surface area (Å²) in [4.78, 5) is 0. The maximum absolute atomic E-state index is 9.71. The molecule has 0 saturated heterocycles. The topological polar surface area (TPSA) is 156 Å². The van der Waals surface area contributed by atoms with E-state index in [2.05, 4.69) is 20.7 Å². The Morgan fingerprint density at radius 3 is 1.88 bits per heavy atom. The fourth-order valence-corrected chi connectivity index (χ4v) is 1.97. The quantitative estimate of drug-likeness (QED) is 0.276. The first-order valence-electron chi connectivity index (χ1n) is 7.48. The normalized spacial score (nSPS) is 12.2. The molecule has 0 spiro atoms. The third-order valence-electron chi connectivity index (χ3n) is 3.44. The Morgan fingerprint density at radius 1 is 0.846 bits per heavy atom. The van der Waals surface area contributed by atoms with E-state index in [1.807, 2.05) is 0 Å². The van der Waals surface area contributed by atoms with Crippen molar-refractivity contribution >= 4 is 18.4 Å². The zero-order chi connectivity index (χ0) is 19.3. The number of aromatic hydroxyl groups is 4. The first kappa shape index (κ1) is 18.6. The highest BCUT2D eigenvalue weighted by atomic mass is 16.3. The van der Waals surface area contributed by atoms with Gasteiger partial charge in [-0.1, -0.05) is 0 Å². The van der Waals surface area contributed by atoms with Crippen molar-refractivity contribution in [3.05, 3.63) is 46.5 Å². The molecule has 7 N–H and O–H groups in total. The largest absolute Gasteiger partial charge is 0.508 e. The summed E-state index contributed by atoms with van der Waals surface area (Å²) < 4.78 is 0. The van der Waals surface area contributed by atoms with Crippen molar-refractivity contribution < 1.29 is 20.4 Å². The van der Waals surface area contributed by atoms with E-state index in [0.29, 0.717) is 22.3 Å². The molecule has 2 aromatic carbocycles. The first-order valence-corrected chi connectivity index (χ1v) is 7.48. The van der Waals surface area contributed by atoms with Gasteiger partial charge in [-0.15, -0.1) is 5.10 Å². The highest BCUT2D eigenvalue weighted by Gasteiger charge is 2.04. The highest BCUT2D eigenvalue weighted by molar-refractivity contribution is 5.87. The number of benzene rings is 2. The Kier molecular flexibility index (Phi) is 5.63. The number of aryl methyl sites for hydroxylation is 2. The van der Waals surface area contributed by atoms with Crippen LogP contribution in [0.4, 0.5) is 0 Å². The Balaban J connectivity index is 2.03. The molecule has 26 heavy (non-hydrogen) atoms. The summed E-state index contributed by atoms with van der Waals surface area (Å²) in [6.07, 6.45) is 2.58. The van der Waals surface area contributed by atoms with Crippen molar-refractivity contribution in [1.29, 1.82) is 0 Å². The third kappa shape index (κ3) is 4.63. The molecule has 0 aliphatic carbocycles. The van der Waals surface area contributed by atoms with Crippen LogP contribution in [0.25, 0.3) is 0 Å². The second-order valence-electron chi connectivity index (χ2n) is 5.49. The van der Waals surface area contributed by atoms with Crippen molar-refractivity contribution in [2.24, 2.45) is 21.0 Å². The number of guanidine groups is 1. The Bertz CT molecular complexity index is 907. The van der Waals surface area contributed by atoms with Crippen molar-refractivity contribution in [3.8, 4) is 23.0 Å². The summed E-state index contributed by atoms with van der Waals surface area (Å²) in [5.41, 5.74) is 9.92. The fraction of sp³-hybridized carbons (Fsp3) is 0.118. The number of phenolic OH excluding ortho intramolecular Hbond substituents is 4. The van der Waals surface area contributed by atoms with Crippen LogP contribution in [-0.4, -0.2) is 38.8 Å². The molecule has 0 fully saturated rings. The van der Waals surface area contributed by atoms with E-state index in [1.165, 1.54) is 24.6 Å². The average Bonchev–Trinajstić information content (AvgIpc) is 2.57. The van der Waals surface area contributed by atoms with Crippen LogP contribution in [0.1, 0.15) is 22.3 Å². The third-order valence-corrected chi connectivity index (χ3v) is 3.44. The minimum absolute atomic E-state index is 0.0178. The van der Waals surface area contributed by atoms with Gasteiger partial charge in [0.25, 0.3) is 0 Å². The van der Waals surface area contributed by atoms with Crippen LogP contribution in [0.3, 0.4) is 0 Å². The molecule has 0 saturated carbocycles. The van der Waals surface area contributed by atoms with Gasteiger partial charge in [-0.3, -0.25) is 0 Å². The minimum atomic E-state index is -0.144. The van der Waals surface area contributed by atoms with Crippen molar-refractivity contribution in [2.45, 2.75) is 13.8 Å². The monoisotopic (exact) mass is 357 g/mol. The lowest BCUT2D eigenvalue weighted by Crippen LogP contribution is -2.26. The van der Waals surface area contributed by atoms with Gasteiger partial charge < -0.3 is 26.2 Å². The molecule has 0 aliphatic rings. The zero-order valence-corrected chi connectivity index (χ0v) is 14.2. The predicted molar refractivity (Wildman–Crippen MR) is 99.0 cm³/mol. The number of hydrazone groups is 1. The van der Waals surface area contributed by atoms with E-state index in [0.717, 1.165) is 0 Å². The number of nitrogens with two attached hydrogens (primary N) is 1. The second kappa shape index (κ2) is 7.88. The summed E-state index contributed by atoms with van der Waals surface area (Å²) >= 11 is 0. The molecule has 0 aromatic heterocycles. The SMILES string of the molecule is Cc1cc(/C=N/N=C(N)N/N=C/c2cc(C)c(O)cc2O)c(O)cc1O. The van der Waals surface area contributed by atoms with Gasteiger partial charge in [0.15, 0.2) is 0 Å². The van der Waals surface area contributed by atoms with Crippen LogP contribution in [0.15, 0.2) is 39.6 Å². The van der Waals surface area contributed by atoms with E-state index in [4.69, 9.17) is 5.73 Å². The molecular formula is C17H19N5O4. The Hall–Kier alpha value is -3.75. The number of hydrogen-bond acceptors (Lipinski definition) is 7. The molecule has 0 atom stereocenters. The van der Waals surface area contributed by atoms with E-state index >= 15 is 0 Å². The van der Waals surface area contributed by atoms with Gasteiger partial charge in [-0.05, 0) is 37.1 Å². The molecule has 0 radical (unpaired) electrons. The van der Waals surface area contributed by atoms with Gasteiger partial charge in [0, 0.05) is 23.3 Å². The van der Waals surface area contributed by atoms with Gasteiger partial charge in [0.1, 0.15) is 23.0 Å². The van der Waals surface area contributed by atoms with Crippen molar-refractivity contribution in [2.75, 3.05) is 0 Å². The van der Waals surface area contributed by atoms with E-state index < -0.39 is 0 Å². The van der Waals surface area contributed by atoms with Crippen LogP contribution < -0.4 is 11.2 Å². The lowest BCUT2D eigenvalue weighted by molar-refractivity contribution is 0.446. The van der Waals surface area contributed by atoms with Crippen LogP contribution in [0.5, 0.6) is 23.0 Å². The molecule has 136 valence electrons.